The summed E-state index contributed by atoms with van der Waals surface area (Å²) >= 11 is 0. The van der Waals surface area contributed by atoms with Crippen LogP contribution in [0, 0.1) is 17.8 Å². The van der Waals surface area contributed by atoms with Gasteiger partial charge in [-0.3, -0.25) is 14.5 Å². The molecule has 0 spiro atoms. The number of aliphatic hydroxyl groups excluding tert-OH is 1. The molecule has 228 valence electrons. The zero-order valence-corrected chi connectivity index (χ0v) is 24.5. The lowest BCUT2D eigenvalue weighted by molar-refractivity contribution is -0.177. The minimum Gasteiger partial charge on any atom is -0.512 e. The topological polar surface area (TPSA) is 110 Å². The molecule has 3 N–H and O–H groups in total. The van der Waals surface area contributed by atoms with Gasteiger partial charge in [0.25, 0.3) is 5.91 Å². The van der Waals surface area contributed by atoms with Gasteiger partial charge in [0.15, 0.2) is 0 Å². The predicted molar refractivity (Wildman–Crippen MR) is 151 cm³/mol. The minimum atomic E-state index is -4.73. The zero-order chi connectivity index (χ0) is 31.0. The summed E-state index contributed by atoms with van der Waals surface area (Å²) in [5.74, 6) is -5.29. The van der Waals surface area contributed by atoms with Crippen molar-refractivity contribution in [3.63, 3.8) is 0 Å². The van der Waals surface area contributed by atoms with Crippen LogP contribution in [-0.2, 0) is 24.7 Å². The Morgan fingerprint density at radius 1 is 1.20 bits per heavy atom. The molecule has 5 unspecified atom stereocenters. The molecule has 1 aliphatic carbocycles. The van der Waals surface area contributed by atoms with E-state index in [0.29, 0.717) is 43.2 Å². The lowest BCUT2D eigenvalue weighted by Crippen LogP contribution is -2.51. The first-order chi connectivity index (χ1) is 19.2. The lowest BCUT2D eigenvalue weighted by Gasteiger charge is -2.44. The molecule has 41 heavy (non-hydrogen) atoms. The molecule has 10 heteroatoms. The maximum atomic E-state index is 14.1. The van der Waals surface area contributed by atoms with Gasteiger partial charge in [-0.15, -0.1) is 0 Å². The Labute approximate surface area is 240 Å². The van der Waals surface area contributed by atoms with Crippen LogP contribution in [0.1, 0.15) is 72.3 Å². The summed E-state index contributed by atoms with van der Waals surface area (Å²) in [5, 5.41) is 11.2. The third-order valence-electron chi connectivity index (χ3n) is 7.93. The number of halogens is 3. The number of allylic oxidation sites excluding steroid dienone is 2. The summed E-state index contributed by atoms with van der Waals surface area (Å²) in [6, 6.07) is 8.70. The van der Waals surface area contributed by atoms with Crippen LogP contribution in [-0.4, -0.2) is 53.5 Å². The highest BCUT2D eigenvalue weighted by Gasteiger charge is 2.51. The van der Waals surface area contributed by atoms with E-state index in [9.17, 15) is 32.7 Å². The lowest BCUT2D eigenvalue weighted by atomic mass is 9.69. The molecule has 0 aliphatic heterocycles. The van der Waals surface area contributed by atoms with Gasteiger partial charge in [0.05, 0.1) is 11.5 Å². The van der Waals surface area contributed by atoms with E-state index in [1.54, 1.807) is 37.3 Å². The number of amides is 2. The van der Waals surface area contributed by atoms with Crippen molar-refractivity contribution >= 4 is 18.6 Å². The van der Waals surface area contributed by atoms with E-state index in [-0.39, 0.29) is 31.4 Å². The van der Waals surface area contributed by atoms with Crippen molar-refractivity contribution in [2.24, 2.45) is 23.5 Å². The van der Waals surface area contributed by atoms with Crippen molar-refractivity contribution in [2.75, 3.05) is 13.2 Å². The zero-order valence-electron chi connectivity index (χ0n) is 24.5. The highest BCUT2D eigenvalue weighted by molar-refractivity contribution is 5.93. The van der Waals surface area contributed by atoms with Crippen molar-refractivity contribution in [2.45, 2.75) is 84.0 Å². The normalized spacial score (nSPS) is 22.4. The molecule has 0 heterocycles. The molecular weight excluding hydrogens is 537 g/mol. The molecule has 5 atom stereocenters. The Morgan fingerprint density at radius 2 is 1.83 bits per heavy atom. The van der Waals surface area contributed by atoms with Crippen LogP contribution in [0.5, 0.6) is 0 Å². The van der Waals surface area contributed by atoms with Gasteiger partial charge in [-0.05, 0) is 44.2 Å². The monoisotopic (exact) mass is 580 g/mol. The largest absolute Gasteiger partial charge is 0.512 e. The second kappa shape index (κ2) is 14.3. The van der Waals surface area contributed by atoms with Crippen molar-refractivity contribution < 1.29 is 37.4 Å². The number of carbonyl (C=O) groups is 3. The number of benzene rings is 1. The number of alkyl halides is 3. The number of imide groups is 1. The second-order valence-corrected chi connectivity index (χ2v) is 11.1. The van der Waals surface area contributed by atoms with Crippen LogP contribution in [0.25, 0.3) is 0 Å². The van der Waals surface area contributed by atoms with Gasteiger partial charge >= 0.3 is 6.18 Å². The van der Waals surface area contributed by atoms with E-state index in [1.165, 1.54) is 19.9 Å². The van der Waals surface area contributed by atoms with Crippen LogP contribution in [0.4, 0.5) is 13.2 Å². The van der Waals surface area contributed by atoms with Crippen molar-refractivity contribution in [1.29, 1.82) is 0 Å². The van der Waals surface area contributed by atoms with Gasteiger partial charge in [0.1, 0.15) is 17.6 Å². The number of nitrogens with two attached hydrogens (primary N) is 1. The first-order valence-electron chi connectivity index (χ1n) is 14.1. The Balaban J connectivity index is 2.30. The molecule has 1 aromatic carbocycles. The summed E-state index contributed by atoms with van der Waals surface area (Å²) in [6.45, 7) is 8.33. The standard InChI is InChI=1S/C31H43F3N2O5/c1-6-12-23-18-24(26(21(3)19-37)31(32,33)34)27(39)25(13-7-2)30(23,5)41-17-11-16-36(20-38)28(40)29(4,35)22-14-9-8-10-15-22/h8-10,14-15,18-21,25-26,39H,6-7,11-13,16-17,35H2,1-5H3. The third-order valence-corrected chi connectivity index (χ3v) is 7.93. The number of nitrogens with zero attached hydrogens (tertiary/aromatic N) is 1. The molecule has 0 fully saturated rings. The number of carbonyl (C=O) groups excluding carboxylic acids is 3. The maximum Gasteiger partial charge on any atom is 0.396 e. The average Bonchev–Trinajstić information content (AvgIpc) is 2.93. The molecule has 2 rings (SSSR count). The summed E-state index contributed by atoms with van der Waals surface area (Å²) < 4.78 is 48.7. The molecule has 1 aromatic rings. The number of ether oxygens (including phenoxy) is 1. The van der Waals surface area contributed by atoms with Crippen LogP contribution in [0.2, 0.25) is 0 Å². The SMILES string of the molecule is CCCC1=CC(C(C(C)C=O)C(F)(F)F)=C(O)C(CCC)C1(C)OCCCN(C=O)C(=O)C(C)(N)c1ccccc1. The van der Waals surface area contributed by atoms with Crippen molar-refractivity contribution in [3.8, 4) is 0 Å². The number of aldehydes is 1. The van der Waals surface area contributed by atoms with Gasteiger partial charge in [-0.2, -0.15) is 13.2 Å². The Bertz CT molecular complexity index is 1120. The fourth-order valence-corrected chi connectivity index (χ4v) is 5.59. The summed E-state index contributed by atoms with van der Waals surface area (Å²) in [6.07, 6.45) is -0.475. The highest BCUT2D eigenvalue weighted by atomic mass is 19.4. The fourth-order valence-electron chi connectivity index (χ4n) is 5.59. The van der Waals surface area contributed by atoms with E-state index >= 15 is 0 Å². The van der Waals surface area contributed by atoms with Gasteiger partial charge in [0.2, 0.25) is 6.41 Å². The minimum absolute atomic E-state index is 0.0172. The number of aliphatic hydroxyl groups is 1. The Morgan fingerprint density at radius 3 is 2.34 bits per heavy atom. The Kier molecular flexibility index (Phi) is 11.9. The quantitative estimate of drug-likeness (QED) is 0.195. The fraction of sp³-hybridized carbons (Fsp3) is 0.581. The first kappa shape index (κ1) is 34.2. The highest BCUT2D eigenvalue weighted by Crippen LogP contribution is 2.49. The molecule has 1 aliphatic rings. The smallest absolute Gasteiger partial charge is 0.396 e. The molecule has 0 bridgehead atoms. The predicted octanol–water partition coefficient (Wildman–Crippen LogP) is 5.99. The van der Waals surface area contributed by atoms with Gasteiger partial charge in [-0.1, -0.05) is 70.0 Å². The summed E-state index contributed by atoms with van der Waals surface area (Å²) in [7, 11) is 0. The summed E-state index contributed by atoms with van der Waals surface area (Å²) in [4.78, 5) is 37.3. The number of hydrogen-bond acceptors (Lipinski definition) is 6. The molecule has 0 saturated heterocycles. The van der Waals surface area contributed by atoms with E-state index in [0.717, 1.165) is 4.90 Å². The third kappa shape index (κ3) is 7.65. The molecular formula is C31H43F3N2O5. The van der Waals surface area contributed by atoms with E-state index in [1.807, 2.05) is 13.8 Å². The molecule has 2 amide bonds. The molecule has 7 nitrogen and oxygen atoms in total. The second-order valence-electron chi connectivity index (χ2n) is 11.1. The maximum absolute atomic E-state index is 14.1. The van der Waals surface area contributed by atoms with E-state index < -0.39 is 46.7 Å². The summed E-state index contributed by atoms with van der Waals surface area (Å²) in [5.41, 5.74) is 4.60. The molecule has 0 saturated carbocycles. The van der Waals surface area contributed by atoms with Crippen LogP contribution in [0.3, 0.4) is 0 Å². The van der Waals surface area contributed by atoms with Gasteiger partial charge in [-0.25, -0.2) is 0 Å². The molecule has 0 radical (unpaired) electrons. The van der Waals surface area contributed by atoms with Gasteiger partial charge < -0.3 is 20.4 Å². The van der Waals surface area contributed by atoms with Crippen LogP contribution >= 0.6 is 0 Å². The number of rotatable bonds is 15. The molecule has 0 aromatic heterocycles. The van der Waals surface area contributed by atoms with E-state index in [4.69, 9.17) is 10.5 Å². The average molecular weight is 581 g/mol. The Hall–Kier alpha value is -2.98. The number of hydrogen-bond donors (Lipinski definition) is 2. The van der Waals surface area contributed by atoms with Gasteiger partial charge in [0, 0.05) is 30.6 Å². The first-order valence-corrected chi connectivity index (χ1v) is 14.1. The van der Waals surface area contributed by atoms with Crippen LogP contribution < -0.4 is 5.73 Å². The van der Waals surface area contributed by atoms with Crippen molar-refractivity contribution in [3.05, 3.63) is 58.9 Å². The van der Waals surface area contributed by atoms with Crippen LogP contribution in [0.15, 0.2) is 53.3 Å². The van der Waals surface area contributed by atoms with E-state index in [2.05, 4.69) is 0 Å². The van der Waals surface area contributed by atoms with Crippen molar-refractivity contribution in [1.82, 2.24) is 4.90 Å².